The zero-order valence-electron chi connectivity index (χ0n) is 21.5. The van der Waals surface area contributed by atoms with Crippen molar-refractivity contribution >= 4 is 5.97 Å². The second kappa shape index (κ2) is 13.7. The van der Waals surface area contributed by atoms with Gasteiger partial charge < -0.3 is 19.3 Å². The highest BCUT2D eigenvalue weighted by molar-refractivity contribution is 5.67. The zero-order chi connectivity index (χ0) is 27.5. The van der Waals surface area contributed by atoms with Crippen LogP contribution in [-0.4, -0.2) is 45.7 Å². The van der Waals surface area contributed by atoms with Gasteiger partial charge in [-0.2, -0.15) is 13.2 Å². The Labute approximate surface area is 219 Å². The minimum atomic E-state index is -4.46. The van der Waals surface area contributed by atoms with Gasteiger partial charge >= 0.3 is 12.1 Å². The molecule has 0 saturated heterocycles. The molecule has 3 aromatic rings. The third-order valence-corrected chi connectivity index (χ3v) is 5.58. The van der Waals surface area contributed by atoms with Gasteiger partial charge in [-0.05, 0) is 62.4 Å². The second-order valence-corrected chi connectivity index (χ2v) is 8.57. The first kappa shape index (κ1) is 28.8. The molecular weight excluding hydrogens is 503 g/mol. The molecule has 0 radical (unpaired) electrons. The van der Waals surface area contributed by atoms with Gasteiger partial charge in [-0.1, -0.05) is 19.4 Å². The number of halogens is 3. The van der Waals surface area contributed by atoms with Gasteiger partial charge in [-0.15, -0.1) is 5.10 Å². The molecule has 0 unspecified atom stereocenters. The Bertz CT molecular complexity index is 1180. The van der Waals surface area contributed by atoms with Crippen LogP contribution in [0.4, 0.5) is 13.2 Å². The van der Waals surface area contributed by atoms with Crippen LogP contribution >= 0.6 is 0 Å². The van der Waals surface area contributed by atoms with Crippen molar-refractivity contribution in [3.8, 4) is 23.2 Å². The van der Waals surface area contributed by atoms with E-state index in [0.717, 1.165) is 36.2 Å². The lowest BCUT2D eigenvalue weighted by atomic mass is 10.1. The Hall–Kier alpha value is -3.76. The number of nitrogens with zero attached hydrogens (tertiary/aromatic N) is 3. The number of carbonyl (C=O) groups is 1. The van der Waals surface area contributed by atoms with Crippen LogP contribution in [0.3, 0.4) is 0 Å². The predicted molar refractivity (Wildman–Crippen MR) is 134 cm³/mol. The van der Waals surface area contributed by atoms with E-state index in [1.54, 1.807) is 12.3 Å². The Morgan fingerprint density at radius 1 is 1.00 bits per heavy atom. The number of hydrogen-bond acceptors (Lipinski definition) is 6. The summed E-state index contributed by atoms with van der Waals surface area (Å²) in [7, 11) is 0. The molecule has 0 fully saturated rings. The number of ether oxygens (including phenoxy) is 3. The van der Waals surface area contributed by atoms with Crippen LogP contribution in [-0.2, 0) is 23.8 Å². The van der Waals surface area contributed by atoms with E-state index in [9.17, 15) is 18.0 Å². The SMILES string of the molecule is CCCCOc1cc(CCC(=O)O)ccc1OCCCc1cn(-c2ccc(C(F)(F)F)cn2)nc1OCC. The van der Waals surface area contributed by atoms with Gasteiger partial charge in [-0.25, -0.2) is 9.67 Å². The minimum absolute atomic E-state index is 0.0342. The summed E-state index contributed by atoms with van der Waals surface area (Å²) in [5, 5.41) is 13.3. The van der Waals surface area contributed by atoms with Crippen molar-refractivity contribution in [2.75, 3.05) is 19.8 Å². The normalized spacial score (nSPS) is 11.4. The van der Waals surface area contributed by atoms with Crippen molar-refractivity contribution in [2.45, 2.75) is 58.5 Å². The number of aromatic nitrogens is 3. The number of benzene rings is 1. The number of alkyl halides is 3. The van der Waals surface area contributed by atoms with E-state index in [-0.39, 0.29) is 12.2 Å². The maximum atomic E-state index is 12.8. The largest absolute Gasteiger partial charge is 0.490 e. The molecule has 0 aliphatic carbocycles. The molecule has 1 aromatic carbocycles. The molecule has 0 aliphatic rings. The number of pyridine rings is 1. The molecule has 206 valence electrons. The van der Waals surface area contributed by atoms with Crippen molar-refractivity contribution in [3.05, 3.63) is 59.4 Å². The highest BCUT2D eigenvalue weighted by Gasteiger charge is 2.30. The van der Waals surface area contributed by atoms with E-state index in [4.69, 9.17) is 19.3 Å². The summed E-state index contributed by atoms with van der Waals surface area (Å²) in [5.74, 6) is 0.939. The van der Waals surface area contributed by atoms with E-state index in [2.05, 4.69) is 17.0 Å². The van der Waals surface area contributed by atoms with E-state index >= 15 is 0 Å². The quantitative estimate of drug-likeness (QED) is 0.242. The van der Waals surface area contributed by atoms with Gasteiger partial charge in [0.1, 0.15) is 0 Å². The molecule has 11 heteroatoms. The predicted octanol–water partition coefficient (Wildman–Crippen LogP) is 5.89. The number of carboxylic acids is 1. The summed E-state index contributed by atoms with van der Waals surface area (Å²) < 4.78 is 57.4. The summed E-state index contributed by atoms with van der Waals surface area (Å²) in [4.78, 5) is 14.8. The average Bonchev–Trinajstić information content (AvgIpc) is 3.28. The molecule has 0 aliphatic heterocycles. The van der Waals surface area contributed by atoms with Crippen LogP contribution in [0, 0.1) is 0 Å². The van der Waals surface area contributed by atoms with Crippen molar-refractivity contribution in [3.63, 3.8) is 0 Å². The third kappa shape index (κ3) is 8.39. The topological polar surface area (TPSA) is 95.7 Å². The Balaban J connectivity index is 1.64. The van der Waals surface area contributed by atoms with E-state index < -0.39 is 17.7 Å². The molecular formula is C27H32F3N3O5. The van der Waals surface area contributed by atoms with Gasteiger partial charge in [0.15, 0.2) is 17.3 Å². The molecule has 2 aromatic heterocycles. The summed E-state index contributed by atoms with van der Waals surface area (Å²) >= 11 is 0. The smallest absolute Gasteiger partial charge is 0.417 e. The van der Waals surface area contributed by atoms with Crippen LogP contribution in [0.15, 0.2) is 42.7 Å². The van der Waals surface area contributed by atoms with E-state index in [1.165, 1.54) is 10.7 Å². The lowest BCUT2D eigenvalue weighted by molar-refractivity contribution is -0.138. The molecule has 1 N–H and O–H groups in total. The van der Waals surface area contributed by atoms with Crippen LogP contribution in [0.1, 0.15) is 56.2 Å². The molecule has 8 nitrogen and oxygen atoms in total. The number of aliphatic carboxylic acids is 1. The van der Waals surface area contributed by atoms with Crippen LogP contribution < -0.4 is 14.2 Å². The number of carboxylic acid groups (broad SMARTS) is 1. The second-order valence-electron chi connectivity index (χ2n) is 8.57. The number of unbranched alkanes of at least 4 members (excludes halogenated alkanes) is 1. The molecule has 38 heavy (non-hydrogen) atoms. The summed E-state index contributed by atoms with van der Waals surface area (Å²) in [6.45, 7) is 5.17. The third-order valence-electron chi connectivity index (χ3n) is 5.58. The van der Waals surface area contributed by atoms with Crippen LogP contribution in [0.2, 0.25) is 0 Å². The van der Waals surface area contributed by atoms with E-state index in [1.807, 2.05) is 19.1 Å². The Kier molecular flexibility index (Phi) is 10.4. The number of aryl methyl sites for hydroxylation is 2. The zero-order valence-corrected chi connectivity index (χ0v) is 21.5. The highest BCUT2D eigenvalue weighted by atomic mass is 19.4. The fraction of sp³-hybridized carbons (Fsp3) is 0.444. The van der Waals surface area contributed by atoms with Gasteiger partial charge in [0, 0.05) is 24.4 Å². The first-order valence-electron chi connectivity index (χ1n) is 12.6. The summed E-state index contributed by atoms with van der Waals surface area (Å²) in [6, 6.07) is 7.67. The maximum Gasteiger partial charge on any atom is 0.417 e. The molecule has 0 bridgehead atoms. The number of hydrogen-bond donors (Lipinski definition) is 1. The molecule has 0 saturated carbocycles. The molecule has 0 spiro atoms. The van der Waals surface area contributed by atoms with Gasteiger partial charge in [-0.3, -0.25) is 4.79 Å². The van der Waals surface area contributed by atoms with Gasteiger partial charge in [0.2, 0.25) is 5.88 Å². The molecule has 0 amide bonds. The van der Waals surface area contributed by atoms with Gasteiger partial charge in [0.25, 0.3) is 0 Å². The van der Waals surface area contributed by atoms with Crippen molar-refractivity contribution in [1.82, 2.24) is 14.8 Å². The van der Waals surface area contributed by atoms with Crippen molar-refractivity contribution in [2.24, 2.45) is 0 Å². The van der Waals surface area contributed by atoms with Crippen LogP contribution in [0.5, 0.6) is 17.4 Å². The van der Waals surface area contributed by atoms with Gasteiger partial charge in [0.05, 0.1) is 25.4 Å². The first-order valence-corrected chi connectivity index (χ1v) is 12.6. The fourth-order valence-corrected chi connectivity index (χ4v) is 3.59. The fourth-order valence-electron chi connectivity index (χ4n) is 3.59. The average molecular weight is 536 g/mol. The monoisotopic (exact) mass is 535 g/mol. The van der Waals surface area contributed by atoms with Crippen molar-refractivity contribution < 1.29 is 37.3 Å². The highest BCUT2D eigenvalue weighted by Crippen LogP contribution is 2.31. The molecule has 3 rings (SSSR count). The lowest BCUT2D eigenvalue weighted by Gasteiger charge is -2.14. The number of rotatable bonds is 15. The minimum Gasteiger partial charge on any atom is -0.490 e. The van der Waals surface area contributed by atoms with Crippen molar-refractivity contribution in [1.29, 1.82) is 0 Å². The lowest BCUT2D eigenvalue weighted by Crippen LogP contribution is -2.07. The summed E-state index contributed by atoms with van der Waals surface area (Å²) in [5.41, 5.74) is 0.807. The first-order chi connectivity index (χ1) is 18.2. The standard InChI is InChI=1S/C27H32F3N3O5/c1-3-5-14-38-23-16-19(9-13-25(34)35)8-11-22(23)37-15-6-7-20-18-33(32-26(20)36-4-2)24-12-10-21(17-31-24)27(28,29)30/h8,10-12,16-18H,3-7,9,13-15H2,1-2H3,(H,34,35). The molecule has 0 atom stereocenters. The van der Waals surface area contributed by atoms with Crippen LogP contribution in [0.25, 0.3) is 5.82 Å². The Morgan fingerprint density at radius 2 is 1.76 bits per heavy atom. The summed E-state index contributed by atoms with van der Waals surface area (Å²) in [6.07, 6.45) is 1.47. The Morgan fingerprint density at radius 3 is 2.42 bits per heavy atom. The maximum absolute atomic E-state index is 12.8. The van der Waals surface area contributed by atoms with E-state index in [0.29, 0.717) is 56.5 Å². The molecule has 2 heterocycles.